The van der Waals surface area contributed by atoms with Crippen LogP contribution in [0.3, 0.4) is 0 Å². The number of carbonyl (C=O) groups excluding carboxylic acids is 3. The molecule has 4 nitrogen and oxygen atoms in total. The summed E-state index contributed by atoms with van der Waals surface area (Å²) in [4.78, 5) is 38.6. The number of aliphatic hydroxyl groups is 1. The summed E-state index contributed by atoms with van der Waals surface area (Å²) in [6, 6.07) is 0. The largest absolute Gasteiger partial charge is 0.377 e. The van der Waals surface area contributed by atoms with Gasteiger partial charge in [-0.3, -0.25) is 14.4 Å². The van der Waals surface area contributed by atoms with Crippen LogP contribution < -0.4 is 0 Å². The highest BCUT2D eigenvalue weighted by atomic mass is 16.3. The van der Waals surface area contributed by atoms with Gasteiger partial charge in [0.2, 0.25) is 0 Å². The summed E-state index contributed by atoms with van der Waals surface area (Å²) in [7, 11) is 0. The van der Waals surface area contributed by atoms with Gasteiger partial charge in [0.25, 0.3) is 0 Å². The zero-order valence-electron chi connectivity index (χ0n) is 17.1. The summed E-state index contributed by atoms with van der Waals surface area (Å²) >= 11 is 0. The third-order valence-corrected chi connectivity index (χ3v) is 5.20. The van der Waals surface area contributed by atoms with Gasteiger partial charge in [-0.1, -0.05) is 37.1 Å². The Morgan fingerprint density at radius 1 is 1.15 bits per heavy atom. The highest BCUT2D eigenvalue weighted by Crippen LogP contribution is 2.43. The van der Waals surface area contributed by atoms with Gasteiger partial charge < -0.3 is 5.11 Å². The molecule has 0 saturated carbocycles. The molecule has 0 aromatic rings. The smallest absolute Gasteiger partial charge is 0.173 e. The molecule has 144 valence electrons. The lowest BCUT2D eigenvalue weighted by Gasteiger charge is -2.29. The summed E-state index contributed by atoms with van der Waals surface area (Å²) in [5, 5.41) is 11.3. The van der Waals surface area contributed by atoms with Crippen molar-refractivity contribution in [3.8, 4) is 0 Å². The lowest BCUT2D eigenvalue weighted by atomic mass is 9.79. The molecule has 1 rings (SSSR count). The first kappa shape index (κ1) is 22.2. The maximum atomic E-state index is 13.0. The summed E-state index contributed by atoms with van der Waals surface area (Å²) in [5.74, 6) is -2.35. The molecule has 26 heavy (non-hydrogen) atoms. The van der Waals surface area contributed by atoms with Crippen molar-refractivity contribution in [2.75, 3.05) is 0 Å². The highest BCUT2D eigenvalue weighted by molar-refractivity contribution is 6.26. The molecule has 0 saturated heterocycles. The van der Waals surface area contributed by atoms with Crippen LogP contribution in [0.15, 0.2) is 34.4 Å². The van der Waals surface area contributed by atoms with Gasteiger partial charge in [0, 0.05) is 12.3 Å². The molecular weight excluding hydrogens is 328 g/mol. The number of carbonyl (C=O) groups is 3. The molecule has 0 heterocycles. The van der Waals surface area contributed by atoms with Gasteiger partial charge >= 0.3 is 0 Å². The maximum absolute atomic E-state index is 13.0. The molecular formula is C22H32O4. The molecule has 0 aromatic heterocycles. The van der Waals surface area contributed by atoms with Gasteiger partial charge in [-0.15, -0.1) is 0 Å². The first-order chi connectivity index (χ1) is 12.0. The fourth-order valence-electron chi connectivity index (χ4n) is 3.23. The lowest BCUT2D eigenvalue weighted by Crippen LogP contribution is -2.45. The normalized spacial score (nSPS) is 23.7. The maximum Gasteiger partial charge on any atom is 0.173 e. The Kier molecular flexibility index (Phi) is 7.45. The quantitative estimate of drug-likeness (QED) is 0.522. The Labute approximate surface area is 157 Å². The van der Waals surface area contributed by atoms with Crippen molar-refractivity contribution in [3.63, 3.8) is 0 Å². The van der Waals surface area contributed by atoms with E-state index in [0.29, 0.717) is 6.42 Å². The number of ketones is 3. The van der Waals surface area contributed by atoms with Gasteiger partial charge in [0.05, 0.1) is 11.5 Å². The molecule has 0 amide bonds. The standard InChI is InChI=1S/C22H32O4/c1-8-15(6)20(24)19-16(7)22(26,18(23)12-10-14(4)5)17(21(19)25)11-9-13(2)3/h9-10,15,17,26H,8,11-12H2,1-7H3. The summed E-state index contributed by atoms with van der Waals surface area (Å²) in [6.07, 6.45) is 4.47. The van der Waals surface area contributed by atoms with Crippen molar-refractivity contribution < 1.29 is 19.5 Å². The molecule has 1 aliphatic carbocycles. The van der Waals surface area contributed by atoms with Gasteiger partial charge in [0.15, 0.2) is 23.0 Å². The molecule has 1 N–H and O–H groups in total. The first-order valence-electron chi connectivity index (χ1n) is 9.30. The van der Waals surface area contributed by atoms with E-state index in [0.717, 1.165) is 11.1 Å². The van der Waals surface area contributed by atoms with E-state index in [9.17, 15) is 19.5 Å². The Hall–Kier alpha value is -1.81. The molecule has 4 heteroatoms. The minimum atomic E-state index is -1.91. The second-order valence-corrected chi connectivity index (χ2v) is 7.78. The van der Waals surface area contributed by atoms with Crippen molar-refractivity contribution in [2.24, 2.45) is 11.8 Å². The zero-order chi connectivity index (χ0) is 20.2. The highest BCUT2D eigenvalue weighted by Gasteiger charge is 2.56. The molecule has 0 aromatic carbocycles. The van der Waals surface area contributed by atoms with Crippen LogP contribution in [0.5, 0.6) is 0 Å². The third kappa shape index (κ3) is 4.29. The molecule has 0 spiro atoms. The molecule has 0 bridgehead atoms. The monoisotopic (exact) mass is 360 g/mol. The average Bonchev–Trinajstić information content (AvgIpc) is 2.76. The summed E-state index contributed by atoms with van der Waals surface area (Å²) in [5.41, 5.74) is 0.292. The van der Waals surface area contributed by atoms with Crippen LogP contribution in [-0.4, -0.2) is 28.1 Å². The fraction of sp³-hybridized carbons (Fsp3) is 0.591. The van der Waals surface area contributed by atoms with Crippen molar-refractivity contribution in [2.45, 2.75) is 73.3 Å². The van der Waals surface area contributed by atoms with Crippen molar-refractivity contribution in [3.05, 3.63) is 34.4 Å². The van der Waals surface area contributed by atoms with Crippen molar-refractivity contribution in [1.82, 2.24) is 0 Å². The van der Waals surface area contributed by atoms with E-state index in [-0.39, 0.29) is 35.7 Å². The summed E-state index contributed by atoms with van der Waals surface area (Å²) < 4.78 is 0. The van der Waals surface area contributed by atoms with Gasteiger partial charge in [-0.25, -0.2) is 0 Å². The second-order valence-electron chi connectivity index (χ2n) is 7.78. The molecule has 3 unspecified atom stereocenters. The molecule has 1 aliphatic rings. The topological polar surface area (TPSA) is 71.4 Å². The molecule has 0 radical (unpaired) electrons. The number of rotatable bonds is 8. The van der Waals surface area contributed by atoms with E-state index >= 15 is 0 Å². The lowest BCUT2D eigenvalue weighted by molar-refractivity contribution is -0.141. The fourth-order valence-corrected chi connectivity index (χ4v) is 3.23. The minimum Gasteiger partial charge on any atom is -0.377 e. The predicted octanol–water partition coefficient (Wildman–Crippen LogP) is 4.13. The SMILES string of the molecule is CCC(C)C(=O)C1=C(C)C(O)(C(=O)CC=C(C)C)C(CC=C(C)C)C1=O. The van der Waals surface area contributed by atoms with E-state index in [1.807, 2.05) is 40.7 Å². The van der Waals surface area contributed by atoms with E-state index < -0.39 is 23.1 Å². The number of hydrogen-bond acceptors (Lipinski definition) is 4. The van der Waals surface area contributed by atoms with Crippen LogP contribution in [0.2, 0.25) is 0 Å². The Morgan fingerprint density at radius 3 is 2.15 bits per heavy atom. The van der Waals surface area contributed by atoms with E-state index in [4.69, 9.17) is 0 Å². The van der Waals surface area contributed by atoms with Crippen molar-refractivity contribution in [1.29, 1.82) is 0 Å². The van der Waals surface area contributed by atoms with Crippen LogP contribution in [0.1, 0.15) is 67.7 Å². The van der Waals surface area contributed by atoms with Gasteiger partial charge in [-0.2, -0.15) is 0 Å². The van der Waals surface area contributed by atoms with E-state index in [2.05, 4.69) is 0 Å². The Balaban J connectivity index is 3.45. The van der Waals surface area contributed by atoms with Crippen LogP contribution in [0.25, 0.3) is 0 Å². The second kappa shape index (κ2) is 8.72. The zero-order valence-corrected chi connectivity index (χ0v) is 17.1. The minimum absolute atomic E-state index is 0.0274. The van der Waals surface area contributed by atoms with Crippen LogP contribution in [-0.2, 0) is 14.4 Å². The molecule has 0 aliphatic heterocycles. The predicted molar refractivity (Wildman–Crippen MR) is 104 cm³/mol. The van der Waals surface area contributed by atoms with Gasteiger partial charge in [-0.05, 0) is 53.0 Å². The molecule has 0 fully saturated rings. The Bertz CT molecular complexity index is 685. The molecule has 3 atom stereocenters. The number of hydrogen-bond donors (Lipinski definition) is 1. The average molecular weight is 360 g/mol. The number of allylic oxidation sites excluding steroid dienone is 5. The van der Waals surface area contributed by atoms with Gasteiger partial charge in [0.1, 0.15) is 0 Å². The summed E-state index contributed by atoms with van der Waals surface area (Å²) in [6.45, 7) is 12.7. The van der Waals surface area contributed by atoms with Crippen LogP contribution in [0.4, 0.5) is 0 Å². The third-order valence-electron chi connectivity index (χ3n) is 5.20. The van der Waals surface area contributed by atoms with E-state index in [1.54, 1.807) is 19.9 Å². The first-order valence-corrected chi connectivity index (χ1v) is 9.30. The van der Waals surface area contributed by atoms with Crippen LogP contribution in [0, 0.1) is 11.8 Å². The van der Waals surface area contributed by atoms with Crippen molar-refractivity contribution >= 4 is 17.3 Å². The van der Waals surface area contributed by atoms with E-state index in [1.165, 1.54) is 0 Å². The number of Topliss-reactive ketones (excluding diaryl/α,β-unsaturated/α-hetero) is 3. The van der Waals surface area contributed by atoms with Crippen LogP contribution >= 0.6 is 0 Å². The Morgan fingerprint density at radius 2 is 1.69 bits per heavy atom.